The number of hydrogen-bond donors (Lipinski definition) is 2. The molecule has 0 rings (SSSR count). The summed E-state index contributed by atoms with van der Waals surface area (Å²) in [5.41, 5.74) is 0. The third-order valence-corrected chi connectivity index (χ3v) is 4.05. The molecular weight excluding hydrogens is 268 g/mol. The van der Waals surface area contributed by atoms with Crippen molar-refractivity contribution < 1.29 is 25.9 Å². The molecule has 2 N–H and O–H groups in total. The molecule has 0 aromatic rings. The van der Waals surface area contributed by atoms with Gasteiger partial charge in [0.1, 0.15) is 0 Å². The fourth-order valence-electron chi connectivity index (χ4n) is 1.62. The van der Waals surface area contributed by atoms with Crippen LogP contribution in [-0.2, 0) is 20.2 Å². The van der Waals surface area contributed by atoms with E-state index in [1.165, 1.54) is 0 Å². The average molecular weight is 288 g/mol. The minimum Gasteiger partial charge on any atom is -0.286 e. The maximum atomic E-state index is 10.5. The van der Waals surface area contributed by atoms with Gasteiger partial charge in [-0.15, -0.1) is 0 Å². The van der Waals surface area contributed by atoms with E-state index in [1.807, 2.05) is 13.8 Å². The number of hydrogen-bond acceptors (Lipinski definition) is 4. The summed E-state index contributed by atoms with van der Waals surface area (Å²) in [5.74, 6) is -0.403. The van der Waals surface area contributed by atoms with Crippen molar-refractivity contribution in [2.75, 3.05) is 11.5 Å². The van der Waals surface area contributed by atoms with E-state index in [2.05, 4.69) is 0 Å². The zero-order valence-corrected chi connectivity index (χ0v) is 11.7. The standard InChI is InChI=1S/C9H20O6S2/c1-8(3-5-16(10,11)12)7-9(2)4-6-17(13,14)15/h8-9H,3-7H2,1-2H3,(H,10,11,12)(H,13,14,15). The van der Waals surface area contributed by atoms with Crippen LogP contribution in [0.4, 0.5) is 0 Å². The van der Waals surface area contributed by atoms with E-state index < -0.39 is 20.2 Å². The second kappa shape index (κ2) is 6.67. The summed E-state index contributed by atoms with van der Waals surface area (Å²) in [6, 6.07) is 0. The molecule has 0 aliphatic heterocycles. The van der Waals surface area contributed by atoms with Crippen LogP contribution in [-0.4, -0.2) is 37.4 Å². The molecule has 0 aliphatic carbocycles. The fraction of sp³-hybridized carbons (Fsp3) is 1.00. The van der Waals surface area contributed by atoms with Crippen LogP contribution in [0.25, 0.3) is 0 Å². The van der Waals surface area contributed by atoms with Crippen molar-refractivity contribution >= 4 is 20.2 Å². The smallest absolute Gasteiger partial charge is 0.264 e. The minimum absolute atomic E-state index is 0.0771. The third-order valence-electron chi connectivity index (χ3n) is 2.54. The zero-order valence-electron chi connectivity index (χ0n) is 10.0. The maximum Gasteiger partial charge on any atom is 0.264 e. The second-order valence-electron chi connectivity index (χ2n) is 4.60. The summed E-state index contributed by atoms with van der Waals surface area (Å²) < 4.78 is 59.2. The predicted molar refractivity (Wildman–Crippen MR) is 65.0 cm³/mol. The lowest BCUT2D eigenvalue weighted by atomic mass is 9.94. The molecule has 0 heterocycles. The molecule has 2 atom stereocenters. The Labute approximate surface area is 103 Å². The maximum absolute atomic E-state index is 10.5. The van der Waals surface area contributed by atoms with Crippen molar-refractivity contribution in [1.29, 1.82) is 0 Å². The molecule has 0 radical (unpaired) electrons. The monoisotopic (exact) mass is 288 g/mol. The molecule has 0 saturated carbocycles. The van der Waals surface area contributed by atoms with Crippen molar-refractivity contribution in [1.82, 2.24) is 0 Å². The van der Waals surface area contributed by atoms with Gasteiger partial charge in [0.25, 0.3) is 20.2 Å². The molecule has 0 aromatic heterocycles. The van der Waals surface area contributed by atoms with Crippen LogP contribution < -0.4 is 0 Å². The van der Waals surface area contributed by atoms with E-state index in [0.29, 0.717) is 19.3 Å². The van der Waals surface area contributed by atoms with Crippen LogP contribution in [0.3, 0.4) is 0 Å². The van der Waals surface area contributed by atoms with Gasteiger partial charge in [0.05, 0.1) is 11.5 Å². The summed E-state index contributed by atoms with van der Waals surface area (Å²) >= 11 is 0. The van der Waals surface area contributed by atoms with Gasteiger partial charge in [-0.3, -0.25) is 9.11 Å². The SMILES string of the molecule is CC(CCS(=O)(=O)O)CC(C)CCS(=O)(=O)O. The normalized spacial score (nSPS) is 16.7. The van der Waals surface area contributed by atoms with Gasteiger partial charge >= 0.3 is 0 Å². The van der Waals surface area contributed by atoms with Gasteiger partial charge in [-0.2, -0.15) is 16.8 Å². The highest BCUT2D eigenvalue weighted by Gasteiger charge is 2.14. The van der Waals surface area contributed by atoms with Gasteiger partial charge in [0, 0.05) is 0 Å². The lowest BCUT2D eigenvalue weighted by Gasteiger charge is -2.15. The van der Waals surface area contributed by atoms with Gasteiger partial charge < -0.3 is 0 Å². The van der Waals surface area contributed by atoms with Crippen LogP contribution in [0.5, 0.6) is 0 Å². The Morgan fingerprint density at radius 2 is 1.12 bits per heavy atom. The molecular formula is C9H20O6S2. The van der Waals surface area contributed by atoms with Crippen LogP contribution in [0.1, 0.15) is 33.1 Å². The quantitative estimate of drug-likeness (QED) is 0.650. The van der Waals surface area contributed by atoms with Gasteiger partial charge in [-0.25, -0.2) is 0 Å². The van der Waals surface area contributed by atoms with E-state index in [9.17, 15) is 16.8 Å². The van der Waals surface area contributed by atoms with E-state index in [0.717, 1.165) is 0 Å². The second-order valence-corrected chi connectivity index (χ2v) is 7.74. The molecule has 0 amide bonds. The van der Waals surface area contributed by atoms with Crippen molar-refractivity contribution in [3.05, 3.63) is 0 Å². The highest BCUT2D eigenvalue weighted by atomic mass is 32.2. The van der Waals surface area contributed by atoms with Crippen LogP contribution >= 0.6 is 0 Å². The molecule has 0 aliphatic rings. The predicted octanol–water partition coefficient (Wildman–Crippen LogP) is 1.20. The molecule has 0 bridgehead atoms. The number of rotatable bonds is 8. The average Bonchev–Trinajstić information content (AvgIpc) is 2.09. The Morgan fingerprint density at radius 1 is 0.824 bits per heavy atom. The molecule has 8 heteroatoms. The Hall–Kier alpha value is -0.180. The molecule has 6 nitrogen and oxygen atoms in total. The van der Waals surface area contributed by atoms with E-state index in [4.69, 9.17) is 9.11 Å². The topological polar surface area (TPSA) is 109 Å². The van der Waals surface area contributed by atoms with Crippen molar-refractivity contribution in [3.63, 3.8) is 0 Å². The Bertz CT molecular complexity index is 371. The molecule has 17 heavy (non-hydrogen) atoms. The highest BCUT2D eigenvalue weighted by molar-refractivity contribution is 7.86. The lowest BCUT2D eigenvalue weighted by molar-refractivity contribution is 0.388. The first-order valence-electron chi connectivity index (χ1n) is 5.40. The Morgan fingerprint density at radius 3 is 1.35 bits per heavy atom. The summed E-state index contributed by atoms with van der Waals surface area (Å²) in [4.78, 5) is 0. The van der Waals surface area contributed by atoms with Crippen LogP contribution in [0, 0.1) is 11.8 Å². The van der Waals surface area contributed by atoms with E-state index in [-0.39, 0.29) is 23.3 Å². The first-order chi connectivity index (χ1) is 7.49. The molecule has 0 fully saturated rings. The minimum atomic E-state index is -3.93. The Balaban J connectivity index is 3.92. The fourth-order valence-corrected chi connectivity index (χ4v) is 3.02. The molecule has 0 spiro atoms. The molecule has 0 aromatic carbocycles. The van der Waals surface area contributed by atoms with Crippen LogP contribution in [0.15, 0.2) is 0 Å². The van der Waals surface area contributed by atoms with E-state index >= 15 is 0 Å². The Kier molecular flexibility index (Phi) is 6.60. The van der Waals surface area contributed by atoms with Gasteiger partial charge in [0.2, 0.25) is 0 Å². The zero-order chi connectivity index (χ0) is 13.7. The van der Waals surface area contributed by atoms with Gasteiger partial charge in [-0.05, 0) is 31.1 Å². The summed E-state index contributed by atoms with van der Waals surface area (Å²) in [7, 11) is -7.85. The van der Waals surface area contributed by atoms with Gasteiger partial charge in [0.15, 0.2) is 0 Å². The van der Waals surface area contributed by atoms with Crippen molar-refractivity contribution in [2.24, 2.45) is 11.8 Å². The van der Waals surface area contributed by atoms with Gasteiger partial charge in [-0.1, -0.05) is 13.8 Å². The first-order valence-corrected chi connectivity index (χ1v) is 8.62. The summed E-state index contributed by atoms with van der Waals surface area (Å²) in [6.45, 7) is 3.68. The van der Waals surface area contributed by atoms with Crippen molar-refractivity contribution in [3.8, 4) is 0 Å². The highest BCUT2D eigenvalue weighted by Crippen LogP contribution is 2.18. The molecule has 0 saturated heterocycles. The third kappa shape index (κ3) is 12.1. The van der Waals surface area contributed by atoms with E-state index in [1.54, 1.807) is 0 Å². The summed E-state index contributed by atoms with van der Waals surface area (Å²) in [5, 5.41) is 0. The first kappa shape index (κ1) is 16.8. The lowest BCUT2D eigenvalue weighted by Crippen LogP contribution is -2.13. The molecule has 104 valence electrons. The molecule has 2 unspecified atom stereocenters. The largest absolute Gasteiger partial charge is 0.286 e. The van der Waals surface area contributed by atoms with Crippen LogP contribution in [0.2, 0.25) is 0 Å². The van der Waals surface area contributed by atoms with Crippen molar-refractivity contribution in [2.45, 2.75) is 33.1 Å². The summed E-state index contributed by atoms with van der Waals surface area (Å²) in [6.07, 6.45) is 1.34.